The van der Waals surface area contributed by atoms with E-state index in [0.717, 1.165) is 0 Å². The van der Waals surface area contributed by atoms with E-state index >= 15 is 0 Å². The summed E-state index contributed by atoms with van der Waals surface area (Å²) in [5.41, 5.74) is 0. The zero-order chi connectivity index (χ0) is 4.83. The second-order valence-electron chi connectivity index (χ2n) is 0.986. The first-order chi connectivity index (χ1) is 2.91. The van der Waals surface area contributed by atoms with Crippen LogP contribution in [0.3, 0.4) is 0 Å². The average molecular weight is 299 g/mol. The first kappa shape index (κ1) is 10.8. The van der Waals surface area contributed by atoms with Gasteiger partial charge in [-0.2, -0.15) is 0 Å². The van der Waals surface area contributed by atoms with Gasteiger partial charge in [0, 0.05) is 14.2 Å². The van der Waals surface area contributed by atoms with E-state index in [4.69, 9.17) is 0 Å². The van der Waals surface area contributed by atoms with E-state index in [2.05, 4.69) is 9.47 Å². The summed E-state index contributed by atoms with van der Waals surface area (Å²) in [6.07, 6.45) is 0. The number of ether oxygens (including phenoxy) is 2. The summed E-state index contributed by atoms with van der Waals surface area (Å²) in [7, 11) is 3.30. The maximum atomic E-state index is 4.66. The molecule has 44 valence electrons. The monoisotopic (exact) mass is 300 g/mol. The van der Waals surface area contributed by atoms with Crippen molar-refractivity contribution in [2.75, 3.05) is 27.4 Å². The van der Waals surface area contributed by atoms with Crippen LogP contribution >= 0.6 is 0 Å². The van der Waals surface area contributed by atoms with Crippen LogP contribution in [0.4, 0.5) is 0 Å². The fraction of sp³-hybridized carbons (Fsp3) is 1.00. The van der Waals surface area contributed by atoms with Gasteiger partial charge in [-0.1, -0.05) is 0 Å². The topological polar surface area (TPSA) is 18.5 Å². The van der Waals surface area contributed by atoms with Crippen LogP contribution in [-0.4, -0.2) is 54.7 Å². The van der Waals surface area contributed by atoms with Crippen LogP contribution in [0.1, 0.15) is 0 Å². The van der Waals surface area contributed by atoms with E-state index in [1.807, 2.05) is 0 Å². The van der Waals surface area contributed by atoms with Gasteiger partial charge in [0.2, 0.25) is 0 Å². The molecule has 2 radical (unpaired) electrons. The number of hydrogen-bond donors (Lipinski definition) is 0. The van der Waals surface area contributed by atoms with E-state index in [1.165, 1.54) is 0 Å². The van der Waals surface area contributed by atoms with Gasteiger partial charge in [0.25, 0.3) is 0 Å². The molecule has 0 saturated carbocycles. The molecule has 3 heteroatoms. The fourth-order valence-corrected chi connectivity index (χ4v) is 0.167. The Morgan fingerprint density at radius 2 is 1.29 bits per heavy atom. The Balaban J connectivity index is 0. The number of hydrogen-bond acceptors (Lipinski definition) is 2. The second kappa shape index (κ2) is 9.96. The maximum absolute atomic E-state index is 4.66. The molecule has 0 unspecified atom stereocenters. The van der Waals surface area contributed by atoms with E-state index in [9.17, 15) is 0 Å². The molecule has 0 aliphatic heterocycles. The Labute approximate surface area is 64.3 Å². The Kier molecular flexibility index (Phi) is 15.3. The molecule has 0 spiro atoms. The zero-order valence-electron chi connectivity index (χ0n) is 4.94. The molecule has 0 rings (SSSR count). The summed E-state index contributed by atoms with van der Waals surface area (Å²) >= 11 is 0. The third-order valence-corrected chi connectivity index (χ3v) is 0.492. The molecular formula is C4H12O2Pb. The van der Waals surface area contributed by atoms with Crippen molar-refractivity contribution in [1.82, 2.24) is 0 Å². The van der Waals surface area contributed by atoms with Crippen LogP contribution in [0.5, 0.6) is 0 Å². The molecule has 7 heavy (non-hydrogen) atoms. The Hall–Kier alpha value is 0.842. The Morgan fingerprint density at radius 1 is 1.00 bits per heavy atom. The van der Waals surface area contributed by atoms with Crippen molar-refractivity contribution in [3.63, 3.8) is 0 Å². The van der Waals surface area contributed by atoms with Gasteiger partial charge in [-0.15, -0.1) is 0 Å². The third kappa shape index (κ3) is 10.9. The molecule has 0 saturated heterocycles. The number of rotatable bonds is 3. The molecule has 0 aliphatic carbocycles. The van der Waals surface area contributed by atoms with E-state index < -0.39 is 0 Å². The van der Waals surface area contributed by atoms with Crippen molar-refractivity contribution in [2.45, 2.75) is 0 Å². The van der Waals surface area contributed by atoms with Gasteiger partial charge in [0.15, 0.2) is 0 Å². The summed E-state index contributed by atoms with van der Waals surface area (Å²) in [5.74, 6) is 0. The van der Waals surface area contributed by atoms with Gasteiger partial charge in [-0.3, -0.25) is 0 Å². The molecule has 0 fully saturated rings. The molecule has 0 aromatic rings. The summed E-state index contributed by atoms with van der Waals surface area (Å²) in [5, 5.41) is 0. The Morgan fingerprint density at radius 3 is 1.43 bits per heavy atom. The van der Waals surface area contributed by atoms with Crippen LogP contribution in [0.25, 0.3) is 0 Å². The first-order valence-corrected chi connectivity index (χ1v) is 1.89. The van der Waals surface area contributed by atoms with Gasteiger partial charge in [-0.05, 0) is 0 Å². The van der Waals surface area contributed by atoms with E-state index in [1.54, 1.807) is 14.2 Å². The van der Waals surface area contributed by atoms with Gasteiger partial charge in [0.1, 0.15) is 0 Å². The molecule has 0 atom stereocenters. The van der Waals surface area contributed by atoms with Crippen molar-refractivity contribution in [1.29, 1.82) is 0 Å². The van der Waals surface area contributed by atoms with Gasteiger partial charge < -0.3 is 9.47 Å². The predicted octanol–water partition coefficient (Wildman–Crippen LogP) is -0.637. The fourth-order valence-electron chi connectivity index (χ4n) is 0.167. The SMILES string of the molecule is COCCOC.[PbH2]. The second-order valence-corrected chi connectivity index (χ2v) is 0.986. The minimum atomic E-state index is 0. The summed E-state index contributed by atoms with van der Waals surface area (Å²) in [6, 6.07) is 0. The summed E-state index contributed by atoms with van der Waals surface area (Å²) < 4.78 is 9.31. The van der Waals surface area contributed by atoms with Gasteiger partial charge >= 0.3 is 27.3 Å². The summed E-state index contributed by atoms with van der Waals surface area (Å²) in [6.45, 7) is 1.38. The molecule has 0 amide bonds. The van der Waals surface area contributed by atoms with Crippen molar-refractivity contribution in [3.05, 3.63) is 0 Å². The molecule has 0 aromatic carbocycles. The van der Waals surface area contributed by atoms with Crippen molar-refractivity contribution >= 4 is 27.3 Å². The average Bonchev–Trinajstić information content (AvgIpc) is 1.61. The normalized spacial score (nSPS) is 7.71. The number of methoxy groups -OCH3 is 2. The van der Waals surface area contributed by atoms with E-state index in [0.29, 0.717) is 13.2 Å². The van der Waals surface area contributed by atoms with Crippen molar-refractivity contribution in [2.24, 2.45) is 0 Å². The Bertz CT molecular complexity index is 21.7. The quantitative estimate of drug-likeness (QED) is 0.510. The first-order valence-electron chi connectivity index (χ1n) is 1.89. The summed E-state index contributed by atoms with van der Waals surface area (Å²) in [4.78, 5) is 0. The van der Waals surface area contributed by atoms with Crippen molar-refractivity contribution < 1.29 is 9.47 Å². The van der Waals surface area contributed by atoms with Crippen LogP contribution < -0.4 is 0 Å². The van der Waals surface area contributed by atoms with E-state index in [-0.39, 0.29) is 27.3 Å². The molecule has 0 N–H and O–H groups in total. The predicted molar refractivity (Wildman–Crippen MR) is 32.3 cm³/mol. The van der Waals surface area contributed by atoms with Gasteiger partial charge in [-0.25, -0.2) is 0 Å². The van der Waals surface area contributed by atoms with Crippen molar-refractivity contribution in [3.8, 4) is 0 Å². The van der Waals surface area contributed by atoms with Gasteiger partial charge in [0.05, 0.1) is 13.2 Å². The zero-order valence-corrected chi connectivity index (χ0v) is 10.4. The molecule has 0 bridgehead atoms. The molecule has 0 heterocycles. The van der Waals surface area contributed by atoms with Crippen LogP contribution in [-0.2, 0) is 9.47 Å². The standard InChI is InChI=1S/C4H10O2.Pb.2H/c1-5-3-4-6-2;;;/h3-4H2,1-2H3;;;. The molecule has 0 aromatic heterocycles. The van der Waals surface area contributed by atoms with Crippen LogP contribution in [0, 0.1) is 0 Å². The van der Waals surface area contributed by atoms with Crippen LogP contribution in [0.2, 0.25) is 0 Å². The van der Waals surface area contributed by atoms with Crippen LogP contribution in [0.15, 0.2) is 0 Å². The molecule has 2 nitrogen and oxygen atoms in total. The third-order valence-electron chi connectivity index (χ3n) is 0.492. The molecule has 0 aliphatic rings. The minimum absolute atomic E-state index is 0. The molecular weight excluding hydrogens is 287 g/mol.